The van der Waals surface area contributed by atoms with E-state index >= 15 is 0 Å². The average molecular weight is 354 g/mol. The van der Waals surface area contributed by atoms with E-state index in [1.165, 1.54) is 12.1 Å². The van der Waals surface area contributed by atoms with E-state index in [-0.39, 0.29) is 24.3 Å². The zero-order chi connectivity index (χ0) is 17.2. The molecule has 0 radical (unpaired) electrons. The molecule has 1 aliphatic heterocycles. The Kier molecular flexibility index (Phi) is 4.07. The number of amides is 1. The molecule has 1 aliphatic rings. The summed E-state index contributed by atoms with van der Waals surface area (Å²) in [7, 11) is 0. The molecule has 0 spiro atoms. The lowest BCUT2D eigenvalue weighted by Gasteiger charge is -2.08. The second-order valence-corrected chi connectivity index (χ2v) is 6.47. The summed E-state index contributed by atoms with van der Waals surface area (Å²) in [5, 5.41) is 11.6. The summed E-state index contributed by atoms with van der Waals surface area (Å²) in [5.41, 5.74) is 6.08. The van der Waals surface area contributed by atoms with Gasteiger partial charge in [0.25, 0.3) is 0 Å². The lowest BCUT2D eigenvalue weighted by molar-refractivity contribution is -0.115. The van der Waals surface area contributed by atoms with E-state index in [1.54, 1.807) is 29.0 Å². The molecule has 1 aromatic heterocycles. The maximum absolute atomic E-state index is 12.9. The van der Waals surface area contributed by atoms with Crippen LogP contribution in [0.2, 0.25) is 0 Å². The molecule has 7 heteroatoms. The van der Waals surface area contributed by atoms with Crippen LogP contribution < -0.4 is 16.0 Å². The van der Waals surface area contributed by atoms with Gasteiger partial charge >= 0.3 is 0 Å². The Hall–Kier alpha value is -2.93. The van der Waals surface area contributed by atoms with Crippen molar-refractivity contribution in [1.82, 2.24) is 4.98 Å². The number of fused-ring (bicyclic) bond motifs is 1. The maximum atomic E-state index is 12.9. The van der Waals surface area contributed by atoms with Gasteiger partial charge in [0.2, 0.25) is 5.91 Å². The number of nitrogens with one attached hydrogen (secondary N) is 3. The molecule has 3 aromatic rings. The van der Waals surface area contributed by atoms with Crippen LogP contribution in [0.15, 0.2) is 53.4 Å². The molecule has 2 heterocycles. The second-order valence-electron chi connectivity index (χ2n) is 5.75. The number of nitrogens with zero attached hydrogens (tertiary/aromatic N) is 1. The summed E-state index contributed by atoms with van der Waals surface area (Å²) in [5.74, 6) is -0.454. The van der Waals surface area contributed by atoms with Gasteiger partial charge in [0.1, 0.15) is 12.0 Å². The van der Waals surface area contributed by atoms with E-state index in [2.05, 4.69) is 20.9 Å². The molecule has 5 nitrogen and oxygen atoms in total. The third-order valence-corrected chi connectivity index (χ3v) is 4.53. The fourth-order valence-electron chi connectivity index (χ4n) is 2.72. The van der Waals surface area contributed by atoms with E-state index in [1.807, 2.05) is 23.6 Å². The summed E-state index contributed by atoms with van der Waals surface area (Å²) >= 11 is 1.55. The molecule has 126 valence electrons. The van der Waals surface area contributed by atoms with Crippen LogP contribution in [0.3, 0.4) is 0 Å². The molecule has 1 atom stereocenters. The zero-order valence-corrected chi connectivity index (χ0v) is 13.9. The molecule has 0 saturated carbocycles. The minimum atomic E-state index is -0.309. The summed E-state index contributed by atoms with van der Waals surface area (Å²) in [6.45, 7) is 0. The lowest BCUT2D eigenvalue weighted by atomic mass is 10.1. The first kappa shape index (κ1) is 15.6. The highest BCUT2D eigenvalue weighted by molar-refractivity contribution is 7.07. The van der Waals surface area contributed by atoms with Gasteiger partial charge in [-0.3, -0.25) is 4.79 Å². The van der Waals surface area contributed by atoms with Gasteiger partial charge in [-0.1, -0.05) is 12.1 Å². The Bertz CT molecular complexity index is 896. The number of carbonyl (C=O) groups excluding carboxylic acids is 1. The number of aromatic nitrogens is 1. The van der Waals surface area contributed by atoms with Crippen LogP contribution in [0, 0.1) is 5.82 Å². The highest BCUT2D eigenvalue weighted by Gasteiger charge is 2.22. The van der Waals surface area contributed by atoms with Gasteiger partial charge in [-0.15, -0.1) is 11.3 Å². The quantitative estimate of drug-likeness (QED) is 0.663. The Labute approximate surface area is 147 Å². The van der Waals surface area contributed by atoms with Gasteiger partial charge in [0, 0.05) is 11.1 Å². The first-order chi connectivity index (χ1) is 12.2. The Morgan fingerprint density at radius 3 is 2.72 bits per heavy atom. The number of halogens is 1. The average Bonchev–Trinajstić information content (AvgIpc) is 3.25. The molecule has 4 rings (SSSR count). The summed E-state index contributed by atoms with van der Waals surface area (Å²) in [4.78, 5) is 16.5. The number of anilines is 3. The number of thiazole rings is 1. The molecule has 1 amide bonds. The molecule has 25 heavy (non-hydrogen) atoms. The number of rotatable bonds is 4. The van der Waals surface area contributed by atoms with Crippen LogP contribution >= 0.6 is 11.3 Å². The van der Waals surface area contributed by atoms with Crippen LogP contribution in [0.4, 0.5) is 21.5 Å². The van der Waals surface area contributed by atoms with E-state index in [0.29, 0.717) is 5.69 Å². The maximum Gasteiger partial charge on any atom is 0.228 e. The van der Waals surface area contributed by atoms with E-state index < -0.39 is 0 Å². The third-order valence-electron chi connectivity index (χ3n) is 3.93. The SMILES string of the molecule is O=C(Cc1ccc(F)cc1)Nc1ccc2c(c1)NC(c1cscn1)N2. The highest BCUT2D eigenvalue weighted by atomic mass is 32.1. The van der Waals surface area contributed by atoms with Gasteiger partial charge in [-0.05, 0) is 35.9 Å². The predicted molar refractivity (Wildman–Crippen MR) is 97.3 cm³/mol. The van der Waals surface area contributed by atoms with Crippen molar-refractivity contribution < 1.29 is 9.18 Å². The van der Waals surface area contributed by atoms with Gasteiger partial charge < -0.3 is 16.0 Å². The largest absolute Gasteiger partial charge is 0.359 e. The van der Waals surface area contributed by atoms with Crippen molar-refractivity contribution in [2.24, 2.45) is 0 Å². The second kappa shape index (κ2) is 6.52. The summed E-state index contributed by atoms with van der Waals surface area (Å²) in [6.07, 6.45) is 0.135. The monoisotopic (exact) mass is 354 g/mol. The van der Waals surface area contributed by atoms with Crippen LogP contribution in [0.5, 0.6) is 0 Å². The highest BCUT2D eigenvalue weighted by Crippen LogP contribution is 2.36. The predicted octanol–water partition coefficient (Wildman–Crippen LogP) is 4.00. The van der Waals surface area contributed by atoms with Crippen LogP contribution in [-0.2, 0) is 11.2 Å². The molecule has 0 fully saturated rings. The normalized spacial score (nSPS) is 15.2. The van der Waals surface area contributed by atoms with Crippen molar-refractivity contribution in [3.8, 4) is 0 Å². The Balaban J connectivity index is 1.42. The smallest absolute Gasteiger partial charge is 0.228 e. The molecule has 3 N–H and O–H groups in total. The van der Waals surface area contributed by atoms with Crippen LogP contribution in [0.25, 0.3) is 0 Å². The molecule has 2 aromatic carbocycles. The Morgan fingerprint density at radius 1 is 1.16 bits per heavy atom. The topological polar surface area (TPSA) is 66.0 Å². The fraction of sp³-hybridized carbons (Fsp3) is 0.111. The van der Waals surface area contributed by atoms with Crippen molar-refractivity contribution in [2.75, 3.05) is 16.0 Å². The first-order valence-corrected chi connectivity index (χ1v) is 8.71. The molecular formula is C18H15FN4OS. The first-order valence-electron chi connectivity index (χ1n) is 7.77. The summed E-state index contributed by atoms with van der Waals surface area (Å²) < 4.78 is 12.9. The van der Waals surface area contributed by atoms with Gasteiger partial charge in [0.05, 0.1) is 29.0 Å². The third kappa shape index (κ3) is 3.46. The van der Waals surface area contributed by atoms with Crippen molar-refractivity contribution in [3.63, 3.8) is 0 Å². The zero-order valence-electron chi connectivity index (χ0n) is 13.1. The van der Waals surface area contributed by atoms with Crippen LogP contribution in [0.1, 0.15) is 17.4 Å². The number of hydrogen-bond acceptors (Lipinski definition) is 5. The van der Waals surface area contributed by atoms with Crippen molar-refractivity contribution in [3.05, 3.63) is 70.4 Å². The van der Waals surface area contributed by atoms with Crippen molar-refractivity contribution in [2.45, 2.75) is 12.6 Å². The van der Waals surface area contributed by atoms with E-state index in [9.17, 15) is 9.18 Å². The van der Waals surface area contributed by atoms with Crippen molar-refractivity contribution in [1.29, 1.82) is 0 Å². The minimum Gasteiger partial charge on any atom is -0.359 e. The molecule has 0 saturated heterocycles. The molecular weight excluding hydrogens is 339 g/mol. The standard InChI is InChI=1S/C18H15FN4OS/c19-12-3-1-11(2-4-12)7-17(24)21-13-5-6-14-15(8-13)23-18(22-14)16-9-25-10-20-16/h1-6,8-10,18,22-23H,7H2,(H,21,24). The van der Waals surface area contributed by atoms with Gasteiger partial charge in [-0.2, -0.15) is 0 Å². The fourth-order valence-corrected chi connectivity index (χ4v) is 3.30. The number of carbonyl (C=O) groups is 1. The number of hydrogen-bond donors (Lipinski definition) is 3. The van der Waals surface area contributed by atoms with E-state index in [0.717, 1.165) is 22.6 Å². The van der Waals surface area contributed by atoms with Crippen molar-refractivity contribution >= 4 is 34.3 Å². The lowest BCUT2D eigenvalue weighted by Crippen LogP contribution is -2.14. The van der Waals surface area contributed by atoms with Gasteiger partial charge in [-0.25, -0.2) is 9.37 Å². The molecule has 1 unspecified atom stereocenters. The Morgan fingerprint density at radius 2 is 1.96 bits per heavy atom. The molecule has 0 bridgehead atoms. The van der Waals surface area contributed by atoms with Gasteiger partial charge in [0.15, 0.2) is 0 Å². The number of benzene rings is 2. The van der Waals surface area contributed by atoms with E-state index in [4.69, 9.17) is 0 Å². The van der Waals surface area contributed by atoms with Crippen LogP contribution in [-0.4, -0.2) is 10.9 Å². The summed E-state index contributed by atoms with van der Waals surface area (Å²) in [6, 6.07) is 11.6. The molecule has 0 aliphatic carbocycles. The minimum absolute atomic E-state index is 0.0635.